The Bertz CT molecular complexity index is 776. The van der Waals surface area contributed by atoms with Gasteiger partial charge >= 0.3 is 0 Å². The predicted molar refractivity (Wildman–Crippen MR) is 86.8 cm³/mol. The average Bonchev–Trinajstić information content (AvgIpc) is 2.58. The predicted octanol–water partition coefficient (Wildman–Crippen LogP) is 3.56. The lowest BCUT2D eigenvalue weighted by atomic mass is 10.0. The van der Waals surface area contributed by atoms with Crippen molar-refractivity contribution in [1.82, 2.24) is 0 Å². The van der Waals surface area contributed by atoms with E-state index in [1.165, 1.54) is 11.1 Å². The second kappa shape index (κ2) is 6.35. The standard InChI is InChI=1S/C20H18NO/c1-16-7-5-6-10-19(16)15-21-13-11-18(12-14-21)20(22)17-8-3-2-4-9-17/h2-14H,15H2,1H3/q+1. The van der Waals surface area contributed by atoms with Crippen LogP contribution in [0, 0.1) is 6.92 Å². The zero-order valence-corrected chi connectivity index (χ0v) is 12.6. The zero-order chi connectivity index (χ0) is 15.4. The molecule has 0 bridgehead atoms. The lowest BCUT2D eigenvalue weighted by Crippen LogP contribution is -2.33. The van der Waals surface area contributed by atoms with Gasteiger partial charge in [0.2, 0.25) is 0 Å². The van der Waals surface area contributed by atoms with E-state index in [4.69, 9.17) is 0 Å². The molecule has 0 N–H and O–H groups in total. The van der Waals surface area contributed by atoms with Crippen LogP contribution >= 0.6 is 0 Å². The zero-order valence-electron chi connectivity index (χ0n) is 12.6. The van der Waals surface area contributed by atoms with E-state index in [0.717, 1.165) is 12.1 Å². The molecule has 0 saturated heterocycles. The van der Waals surface area contributed by atoms with Crippen molar-refractivity contribution in [1.29, 1.82) is 0 Å². The largest absolute Gasteiger partial charge is 0.289 e. The number of pyridine rings is 1. The van der Waals surface area contributed by atoms with Gasteiger partial charge in [-0.3, -0.25) is 4.79 Å². The van der Waals surface area contributed by atoms with Gasteiger partial charge < -0.3 is 0 Å². The van der Waals surface area contributed by atoms with Crippen LogP contribution < -0.4 is 4.57 Å². The van der Waals surface area contributed by atoms with Gasteiger partial charge in [-0.25, -0.2) is 4.57 Å². The molecule has 22 heavy (non-hydrogen) atoms. The fourth-order valence-corrected chi connectivity index (χ4v) is 2.45. The normalized spacial score (nSPS) is 10.4. The summed E-state index contributed by atoms with van der Waals surface area (Å²) in [6.45, 7) is 2.93. The highest BCUT2D eigenvalue weighted by Crippen LogP contribution is 2.09. The number of hydrogen-bond donors (Lipinski definition) is 0. The minimum absolute atomic E-state index is 0.0589. The Labute approximate surface area is 130 Å². The van der Waals surface area contributed by atoms with Crippen molar-refractivity contribution >= 4 is 5.78 Å². The highest BCUT2D eigenvalue weighted by atomic mass is 16.1. The Kier molecular flexibility index (Phi) is 4.10. The summed E-state index contributed by atoms with van der Waals surface area (Å²) in [6.07, 6.45) is 3.92. The number of aryl methyl sites for hydroxylation is 1. The van der Waals surface area contributed by atoms with Crippen molar-refractivity contribution in [2.24, 2.45) is 0 Å². The van der Waals surface area contributed by atoms with Crippen LogP contribution in [-0.4, -0.2) is 5.78 Å². The van der Waals surface area contributed by atoms with Gasteiger partial charge in [0.15, 0.2) is 24.7 Å². The van der Waals surface area contributed by atoms with Gasteiger partial charge in [-0.1, -0.05) is 54.6 Å². The van der Waals surface area contributed by atoms with Gasteiger partial charge in [-0.05, 0) is 12.5 Å². The summed E-state index contributed by atoms with van der Waals surface area (Å²) in [7, 11) is 0. The quantitative estimate of drug-likeness (QED) is 0.531. The molecule has 0 saturated carbocycles. The van der Waals surface area contributed by atoms with Crippen molar-refractivity contribution in [3.8, 4) is 0 Å². The van der Waals surface area contributed by atoms with Crippen LogP contribution in [0.15, 0.2) is 79.1 Å². The Morgan fingerprint density at radius 1 is 0.818 bits per heavy atom. The number of carbonyl (C=O) groups is 1. The van der Waals surface area contributed by atoms with Crippen molar-refractivity contribution in [3.05, 3.63) is 101 Å². The third-order valence-corrected chi connectivity index (χ3v) is 3.80. The summed E-state index contributed by atoms with van der Waals surface area (Å²) in [6, 6.07) is 21.5. The molecule has 2 heteroatoms. The molecule has 0 aliphatic heterocycles. The first kappa shape index (κ1) is 14.2. The fourth-order valence-electron chi connectivity index (χ4n) is 2.45. The molecule has 0 radical (unpaired) electrons. The Balaban J connectivity index is 1.79. The van der Waals surface area contributed by atoms with E-state index in [9.17, 15) is 4.79 Å². The van der Waals surface area contributed by atoms with E-state index in [1.807, 2.05) is 60.9 Å². The topological polar surface area (TPSA) is 20.9 Å². The van der Waals surface area contributed by atoms with Gasteiger partial charge in [-0.15, -0.1) is 0 Å². The van der Waals surface area contributed by atoms with E-state index in [-0.39, 0.29) is 5.78 Å². The van der Waals surface area contributed by atoms with Gasteiger partial charge in [0.25, 0.3) is 0 Å². The number of benzene rings is 2. The van der Waals surface area contributed by atoms with Crippen LogP contribution in [0.1, 0.15) is 27.0 Å². The summed E-state index contributed by atoms with van der Waals surface area (Å²) in [4.78, 5) is 12.4. The number of carbonyl (C=O) groups excluding carboxylic acids is 1. The van der Waals surface area contributed by atoms with Crippen LogP contribution in [0.5, 0.6) is 0 Å². The van der Waals surface area contributed by atoms with Gasteiger partial charge in [0.1, 0.15) is 0 Å². The van der Waals surface area contributed by atoms with Crippen molar-refractivity contribution in [3.63, 3.8) is 0 Å². The molecule has 3 aromatic rings. The highest BCUT2D eigenvalue weighted by Gasteiger charge is 2.11. The second-order valence-electron chi connectivity index (χ2n) is 5.38. The molecular formula is C20H18NO+. The van der Waals surface area contributed by atoms with Crippen LogP contribution in [0.2, 0.25) is 0 Å². The molecule has 3 rings (SSSR count). The van der Waals surface area contributed by atoms with Gasteiger partial charge in [-0.2, -0.15) is 0 Å². The number of hydrogen-bond acceptors (Lipinski definition) is 1. The second-order valence-corrected chi connectivity index (χ2v) is 5.38. The maximum Gasteiger partial charge on any atom is 0.193 e. The summed E-state index contributed by atoms with van der Waals surface area (Å²) >= 11 is 0. The summed E-state index contributed by atoms with van der Waals surface area (Å²) in [5.41, 5.74) is 4.00. The molecule has 2 nitrogen and oxygen atoms in total. The SMILES string of the molecule is Cc1ccccc1C[n+]1ccc(C(=O)c2ccccc2)cc1. The Morgan fingerprint density at radius 3 is 2.09 bits per heavy atom. The molecule has 0 fully saturated rings. The number of rotatable bonds is 4. The Morgan fingerprint density at radius 2 is 1.41 bits per heavy atom. The molecule has 2 aromatic carbocycles. The minimum atomic E-state index is 0.0589. The molecule has 0 aliphatic rings. The van der Waals surface area contributed by atoms with Crippen LogP contribution in [0.25, 0.3) is 0 Å². The highest BCUT2D eigenvalue weighted by molar-refractivity contribution is 6.08. The molecule has 0 spiro atoms. The van der Waals surface area contributed by atoms with Crippen LogP contribution in [-0.2, 0) is 6.54 Å². The smallest absolute Gasteiger partial charge is 0.193 e. The van der Waals surface area contributed by atoms with Crippen molar-refractivity contribution < 1.29 is 9.36 Å². The lowest BCUT2D eigenvalue weighted by molar-refractivity contribution is -0.688. The first-order valence-electron chi connectivity index (χ1n) is 7.37. The number of aromatic nitrogens is 1. The maximum absolute atomic E-state index is 12.4. The van der Waals surface area contributed by atoms with Crippen molar-refractivity contribution in [2.45, 2.75) is 13.5 Å². The fraction of sp³-hybridized carbons (Fsp3) is 0.100. The van der Waals surface area contributed by atoms with Gasteiger partial charge in [0, 0.05) is 28.8 Å². The van der Waals surface area contributed by atoms with Crippen LogP contribution in [0.4, 0.5) is 0 Å². The van der Waals surface area contributed by atoms with Crippen LogP contribution in [0.3, 0.4) is 0 Å². The molecule has 0 aliphatic carbocycles. The van der Waals surface area contributed by atoms with E-state index in [0.29, 0.717) is 5.56 Å². The molecular weight excluding hydrogens is 270 g/mol. The van der Waals surface area contributed by atoms with E-state index in [1.54, 1.807) is 0 Å². The maximum atomic E-state index is 12.4. The van der Waals surface area contributed by atoms with E-state index >= 15 is 0 Å². The molecule has 1 aromatic heterocycles. The third kappa shape index (κ3) is 3.12. The average molecular weight is 288 g/mol. The first-order valence-corrected chi connectivity index (χ1v) is 7.37. The third-order valence-electron chi connectivity index (χ3n) is 3.80. The van der Waals surface area contributed by atoms with E-state index in [2.05, 4.69) is 29.7 Å². The molecule has 0 unspecified atom stereocenters. The van der Waals surface area contributed by atoms with E-state index < -0.39 is 0 Å². The van der Waals surface area contributed by atoms with Crippen molar-refractivity contribution in [2.75, 3.05) is 0 Å². The summed E-state index contributed by atoms with van der Waals surface area (Å²) in [5.74, 6) is 0.0589. The number of nitrogens with zero attached hydrogens (tertiary/aromatic N) is 1. The molecule has 108 valence electrons. The lowest BCUT2D eigenvalue weighted by Gasteiger charge is -2.03. The summed E-state index contributed by atoms with van der Waals surface area (Å²) < 4.78 is 2.09. The molecule has 0 amide bonds. The molecule has 0 atom stereocenters. The summed E-state index contributed by atoms with van der Waals surface area (Å²) in [5, 5.41) is 0. The Hall–Kier alpha value is -2.74. The number of ketones is 1. The minimum Gasteiger partial charge on any atom is -0.289 e. The monoisotopic (exact) mass is 288 g/mol. The van der Waals surface area contributed by atoms with Gasteiger partial charge in [0.05, 0.1) is 0 Å². The molecule has 1 heterocycles. The first-order chi connectivity index (χ1) is 10.7.